The van der Waals surface area contributed by atoms with Crippen molar-refractivity contribution in [3.05, 3.63) is 0 Å². The Hall–Kier alpha value is -0.553. The predicted molar refractivity (Wildman–Crippen MR) is 50.2 cm³/mol. The van der Waals surface area contributed by atoms with Gasteiger partial charge in [-0.15, -0.1) is 0 Å². The molecule has 0 bridgehead atoms. The largest absolute Gasteiger partial charge is 0.569 e. The lowest BCUT2D eigenvalue weighted by Crippen LogP contribution is -2.36. The third-order valence-electron chi connectivity index (χ3n) is 1.17. The van der Waals surface area contributed by atoms with E-state index < -0.39 is 19.8 Å². The van der Waals surface area contributed by atoms with Crippen LogP contribution in [0.5, 0.6) is 0 Å². The van der Waals surface area contributed by atoms with Crippen LogP contribution in [0.15, 0.2) is 0 Å². The van der Waals surface area contributed by atoms with Crippen LogP contribution in [0.1, 0.15) is 26.7 Å². The molecule has 0 atom stereocenters. The topological polar surface area (TPSA) is 52.6 Å². The normalized spacial score (nSPS) is 10.8. The van der Waals surface area contributed by atoms with Crippen molar-refractivity contribution in [2.24, 2.45) is 0 Å². The smallest absolute Gasteiger partial charge is 0.474 e. The van der Waals surface area contributed by atoms with E-state index >= 15 is 0 Å². The Morgan fingerprint density at radius 2 is 1.46 bits per heavy atom. The van der Waals surface area contributed by atoms with Gasteiger partial charge < -0.3 is 8.85 Å². The minimum Gasteiger partial charge on any atom is -0.474 e. The number of hydrogen-bond donors (Lipinski definition) is 0. The molecule has 0 heterocycles. The van der Waals surface area contributed by atoms with Crippen LogP contribution in [-0.4, -0.2) is 19.8 Å². The van der Waals surface area contributed by atoms with Crippen LogP contribution in [0.2, 0.25) is 6.55 Å². The van der Waals surface area contributed by atoms with E-state index in [1.807, 2.05) is 0 Å². The van der Waals surface area contributed by atoms with Crippen molar-refractivity contribution in [2.45, 2.75) is 33.2 Å². The summed E-state index contributed by atoms with van der Waals surface area (Å²) in [4.78, 5) is 21.7. The minimum absolute atomic E-state index is 0.221. The van der Waals surface area contributed by atoms with Crippen LogP contribution >= 0.6 is 11.1 Å². The van der Waals surface area contributed by atoms with Gasteiger partial charge in [0.05, 0.1) is 0 Å². The minimum atomic E-state index is -3.10. The van der Waals surface area contributed by atoms with E-state index in [9.17, 15) is 9.59 Å². The molecule has 0 saturated carbocycles. The fourth-order valence-electron chi connectivity index (χ4n) is 0.572. The van der Waals surface area contributed by atoms with E-state index in [-0.39, 0.29) is 12.8 Å². The molecule has 0 saturated heterocycles. The van der Waals surface area contributed by atoms with Gasteiger partial charge in [0.1, 0.15) is 0 Å². The van der Waals surface area contributed by atoms with Crippen molar-refractivity contribution in [1.82, 2.24) is 0 Å². The number of hydrogen-bond acceptors (Lipinski definition) is 4. The van der Waals surface area contributed by atoms with E-state index in [1.165, 1.54) is 6.55 Å². The molecular weight excluding hydrogens is 212 g/mol. The summed E-state index contributed by atoms with van der Waals surface area (Å²) in [6.45, 7) is 4.73. The van der Waals surface area contributed by atoms with Gasteiger partial charge in [0, 0.05) is 19.4 Å². The zero-order chi connectivity index (χ0) is 10.5. The second-order valence-corrected chi connectivity index (χ2v) is 6.63. The van der Waals surface area contributed by atoms with Crippen LogP contribution < -0.4 is 0 Å². The lowest BCUT2D eigenvalue weighted by Gasteiger charge is -2.18. The first-order valence-electron chi connectivity index (χ1n) is 4.04. The van der Waals surface area contributed by atoms with Crippen LogP contribution in [0.25, 0.3) is 0 Å². The van der Waals surface area contributed by atoms with Crippen molar-refractivity contribution >= 4 is 30.9 Å². The van der Waals surface area contributed by atoms with Gasteiger partial charge in [-0.05, 0) is 0 Å². The van der Waals surface area contributed by atoms with Crippen molar-refractivity contribution < 1.29 is 18.4 Å². The lowest BCUT2D eigenvalue weighted by atomic mass is 10.5. The summed E-state index contributed by atoms with van der Waals surface area (Å²) in [5.41, 5.74) is 0. The molecule has 0 N–H and O–H groups in total. The molecule has 0 unspecified atom stereocenters. The Balaban J connectivity index is 4.07. The van der Waals surface area contributed by atoms with Crippen molar-refractivity contribution in [1.29, 1.82) is 0 Å². The van der Waals surface area contributed by atoms with Gasteiger partial charge in [-0.1, -0.05) is 24.9 Å². The molecule has 0 aliphatic rings. The first kappa shape index (κ1) is 12.4. The lowest BCUT2D eigenvalue weighted by molar-refractivity contribution is -0.140. The van der Waals surface area contributed by atoms with Crippen LogP contribution in [0.4, 0.5) is 0 Å². The highest BCUT2D eigenvalue weighted by atomic mass is 35.6. The van der Waals surface area contributed by atoms with E-state index in [1.54, 1.807) is 13.8 Å². The molecule has 0 amide bonds. The fourth-order valence-corrected chi connectivity index (χ4v) is 2.23. The predicted octanol–water partition coefficient (Wildman–Crippen LogP) is 1.70. The first-order chi connectivity index (χ1) is 5.91. The SMILES string of the molecule is CCC(=O)O[Si](C)(Cl)OC(=O)CC. The van der Waals surface area contributed by atoms with Crippen molar-refractivity contribution in [2.75, 3.05) is 0 Å². The summed E-state index contributed by atoms with van der Waals surface area (Å²) in [5, 5.41) is 0. The van der Waals surface area contributed by atoms with E-state index in [0.29, 0.717) is 0 Å². The van der Waals surface area contributed by atoms with Gasteiger partial charge in [-0.3, -0.25) is 9.59 Å². The maximum absolute atomic E-state index is 10.8. The zero-order valence-corrected chi connectivity index (χ0v) is 9.68. The highest BCUT2D eigenvalue weighted by Crippen LogP contribution is 2.14. The van der Waals surface area contributed by atoms with Crippen LogP contribution in [0, 0.1) is 0 Å². The third kappa shape index (κ3) is 5.65. The monoisotopic (exact) mass is 224 g/mol. The molecule has 76 valence electrons. The van der Waals surface area contributed by atoms with E-state index in [2.05, 4.69) is 0 Å². The molecule has 0 aromatic heterocycles. The summed E-state index contributed by atoms with van der Waals surface area (Å²) >= 11 is 5.74. The summed E-state index contributed by atoms with van der Waals surface area (Å²) < 4.78 is 9.56. The Morgan fingerprint density at radius 1 is 1.15 bits per heavy atom. The molecule has 0 aliphatic carbocycles. The highest BCUT2D eigenvalue weighted by Gasteiger charge is 2.37. The van der Waals surface area contributed by atoms with Crippen LogP contribution in [-0.2, 0) is 18.4 Å². The molecule has 13 heavy (non-hydrogen) atoms. The summed E-state index contributed by atoms with van der Waals surface area (Å²) in [6.07, 6.45) is 0.442. The molecule has 4 nitrogen and oxygen atoms in total. The molecule has 0 rings (SSSR count). The maximum atomic E-state index is 10.8. The third-order valence-corrected chi connectivity index (χ3v) is 2.82. The average molecular weight is 225 g/mol. The number of halogens is 1. The van der Waals surface area contributed by atoms with Gasteiger partial charge in [0.15, 0.2) is 0 Å². The number of rotatable bonds is 4. The zero-order valence-electron chi connectivity index (χ0n) is 7.93. The summed E-state index contributed by atoms with van der Waals surface area (Å²) in [5.74, 6) is -0.902. The average Bonchev–Trinajstić information content (AvgIpc) is 2.02. The Bertz CT molecular complexity index is 185. The molecule has 0 spiro atoms. The van der Waals surface area contributed by atoms with Gasteiger partial charge in [0.25, 0.3) is 11.9 Å². The van der Waals surface area contributed by atoms with Gasteiger partial charge in [-0.25, -0.2) is 0 Å². The Kier molecular flexibility index (Phi) is 5.01. The summed E-state index contributed by atoms with van der Waals surface area (Å²) in [7, 11) is -3.10. The van der Waals surface area contributed by atoms with Crippen LogP contribution in [0.3, 0.4) is 0 Å². The Labute approximate surface area is 83.1 Å². The van der Waals surface area contributed by atoms with E-state index in [0.717, 1.165) is 0 Å². The Morgan fingerprint density at radius 3 is 1.69 bits per heavy atom. The molecule has 6 heteroatoms. The molecular formula is C7H13ClO4Si. The van der Waals surface area contributed by atoms with Crippen molar-refractivity contribution in [3.63, 3.8) is 0 Å². The summed E-state index contributed by atoms with van der Waals surface area (Å²) in [6, 6.07) is 0. The number of carbonyl (C=O) groups is 2. The van der Waals surface area contributed by atoms with Gasteiger partial charge in [0.2, 0.25) is 0 Å². The quantitative estimate of drug-likeness (QED) is 0.539. The molecule has 0 aromatic carbocycles. The maximum Gasteiger partial charge on any atom is 0.569 e. The fraction of sp³-hybridized carbons (Fsp3) is 0.714. The second-order valence-electron chi connectivity index (χ2n) is 2.49. The molecule has 0 fully saturated rings. The van der Waals surface area contributed by atoms with Gasteiger partial charge in [-0.2, -0.15) is 0 Å². The molecule has 0 radical (unpaired) electrons. The molecule has 0 aliphatic heterocycles. The number of carbonyl (C=O) groups excluding carboxylic acids is 2. The van der Waals surface area contributed by atoms with Crippen molar-refractivity contribution in [3.8, 4) is 0 Å². The first-order valence-corrected chi connectivity index (χ1v) is 7.36. The second kappa shape index (κ2) is 5.24. The van der Waals surface area contributed by atoms with Gasteiger partial charge >= 0.3 is 7.87 Å². The molecule has 0 aromatic rings. The van der Waals surface area contributed by atoms with E-state index in [4.69, 9.17) is 19.9 Å². The highest BCUT2D eigenvalue weighted by molar-refractivity contribution is 7.13. The standard InChI is InChI=1S/C7H13ClO4Si/c1-4-6(9)11-13(3,8)12-7(10)5-2/h4-5H2,1-3H3.